The van der Waals surface area contributed by atoms with Gasteiger partial charge in [-0.15, -0.1) is 0 Å². The molecule has 1 aromatic rings. The van der Waals surface area contributed by atoms with Gasteiger partial charge in [-0.1, -0.05) is 17.8 Å². The van der Waals surface area contributed by atoms with Crippen LogP contribution in [0.5, 0.6) is 0 Å². The van der Waals surface area contributed by atoms with E-state index >= 15 is 0 Å². The molecule has 0 radical (unpaired) electrons. The number of thiazole rings is 1. The fourth-order valence-electron chi connectivity index (χ4n) is 3.63. The Labute approximate surface area is 128 Å². The molecule has 2 unspecified atom stereocenters. The lowest BCUT2D eigenvalue weighted by Gasteiger charge is -2.47. The van der Waals surface area contributed by atoms with Gasteiger partial charge in [0.15, 0.2) is 4.21 Å². The zero-order valence-electron chi connectivity index (χ0n) is 12.3. The standard InChI is InChI=1S/C13H21N3O3S2/c1-8-12(20-13(17)14-8)21(18,19)15-9-6-10-4-3-5-11(7-9)16(10)2/h9-11,15H,3-7H2,1-2H3,(H,14,17). The van der Waals surface area contributed by atoms with E-state index in [1.54, 1.807) is 6.92 Å². The molecule has 118 valence electrons. The third-order valence-corrected chi connectivity index (χ3v) is 7.81. The van der Waals surface area contributed by atoms with Gasteiger partial charge in [0.1, 0.15) is 0 Å². The molecule has 2 N–H and O–H groups in total. The first-order chi connectivity index (χ1) is 9.87. The van der Waals surface area contributed by atoms with Gasteiger partial charge in [0, 0.05) is 23.8 Å². The van der Waals surface area contributed by atoms with Crippen LogP contribution in [0.2, 0.25) is 0 Å². The Hall–Kier alpha value is -0.700. The van der Waals surface area contributed by atoms with Crippen LogP contribution in [0.3, 0.4) is 0 Å². The third-order valence-electron chi connectivity index (χ3n) is 4.69. The van der Waals surface area contributed by atoms with Gasteiger partial charge >= 0.3 is 4.87 Å². The molecule has 6 nitrogen and oxygen atoms in total. The number of sulfonamides is 1. The molecule has 2 aliphatic rings. The highest BCUT2D eigenvalue weighted by molar-refractivity contribution is 7.91. The van der Waals surface area contributed by atoms with E-state index in [-0.39, 0.29) is 15.1 Å². The van der Waals surface area contributed by atoms with E-state index in [0.717, 1.165) is 37.0 Å². The summed E-state index contributed by atoms with van der Waals surface area (Å²) in [5, 5.41) is 0. The monoisotopic (exact) mass is 331 g/mol. The molecule has 2 saturated heterocycles. The Bertz CT molecular complexity index is 665. The Balaban J connectivity index is 1.77. The van der Waals surface area contributed by atoms with E-state index in [1.165, 1.54) is 6.42 Å². The van der Waals surface area contributed by atoms with E-state index < -0.39 is 10.0 Å². The van der Waals surface area contributed by atoms with Crippen molar-refractivity contribution >= 4 is 21.4 Å². The van der Waals surface area contributed by atoms with Gasteiger partial charge in [0.05, 0.1) is 0 Å². The van der Waals surface area contributed by atoms with Gasteiger partial charge < -0.3 is 9.88 Å². The molecule has 3 rings (SSSR count). The number of rotatable bonds is 3. The average Bonchev–Trinajstić information content (AvgIpc) is 2.70. The van der Waals surface area contributed by atoms with E-state index in [0.29, 0.717) is 17.8 Å². The molecule has 8 heteroatoms. The Morgan fingerprint density at radius 3 is 2.43 bits per heavy atom. The fourth-order valence-corrected chi connectivity index (χ4v) is 6.21. The summed E-state index contributed by atoms with van der Waals surface area (Å²) < 4.78 is 27.9. The van der Waals surface area contributed by atoms with Crippen molar-refractivity contribution in [1.29, 1.82) is 0 Å². The summed E-state index contributed by atoms with van der Waals surface area (Å²) in [5.41, 5.74) is 0.422. The lowest BCUT2D eigenvalue weighted by atomic mass is 9.83. The number of nitrogens with one attached hydrogen (secondary N) is 2. The molecule has 0 aliphatic carbocycles. The molecule has 0 spiro atoms. The molecule has 2 aliphatic heterocycles. The maximum Gasteiger partial charge on any atom is 0.305 e. The average molecular weight is 331 g/mol. The summed E-state index contributed by atoms with van der Waals surface area (Å²) in [6, 6.07) is 0.908. The van der Waals surface area contributed by atoms with E-state index in [9.17, 15) is 13.2 Å². The van der Waals surface area contributed by atoms with Crippen LogP contribution in [0.4, 0.5) is 0 Å². The molecule has 1 aromatic heterocycles. The predicted octanol–water partition coefficient (Wildman–Crippen LogP) is 1.04. The van der Waals surface area contributed by atoms with E-state index in [1.807, 2.05) is 0 Å². The number of fused-ring (bicyclic) bond motifs is 2. The zero-order chi connectivity index (χ0) is 15.2. The molecule has 0 aromatic carbocycles. The smallest absolute Gasteiger partial charge is 0.305 e. The van der Waals surface area contributed by atoms with Crippen LogP contribution >= 0.6 is 11.3 Å². The lowest BCUT2D eigenvalue weighted by molar-refractivity contribution is 0.0536. The Kier molecular flexibility index (Phi) is 3.98. The van der Waals surface area contributed by atoms with Crippen LogP contribution < -0.4 is 9.60 Å². The van der Waals surface area contributed by atoms with Crippen molar-refractivity contribution in [3.8, 4) is 0 Å². The van der Waals surface area contributed by atoms with Crippen LogP contribution in [0, 0.1) is 6.92 Å². The highest BCUT2D eigenvalue weighted by Crippen LogP contribution is 2.33. The molecular weight excluding hydrogens is 310 g/mol. The van der Waals surface area contributed by atoms with Gasteiger partial charge in [-0.2, -0.15) is 0 Å². The minimum absolute atomic E-state index is 0.0295. The topological polar surface area (TPSA) is 82.3 Å². The molecule has 3 heterocycles. The summed E-state index contributed by atoms with van der Waals surface area (Å²) in [7, 11) is -1.46. The van der Waals surface area contributed by atoms with Gasteiger partial charge in [-0.05, 0) is 39.7 Å². The van der Waals surface area contributed by atoms with Crippen molar-refractivity contribution < 1.29 is 8.42 Å². The van der Waals surface area contributed by atoms with Crippen LogP contribution in [-0.4, -0.2) is 43.5 Å². The quantitative estimate of drug-likeness (QED) is 0.867. The molecule has 0 saturated carbocycles. The second-order valence-electron chi connectivity index (χ2n) is 6.12. The van der Waals surface area contributed by atoms with Crippen LogP contribution in [0.25, 0.3) is 0 Å². The summed E-state index contributed by atoms with van der Waals surface area (Å²) in [6.07, 6.45) is 5.22. The Morgan fingerprint density at radius 2 is 1.90 bits per heavy atom. The van der Waals surface area contributed by atoms with E-state index in [2.05, 4.69) is 21.7 Å². The van der Waals surface area contributed by atoms with Crippen molar-refractivity contribution in [2.24, 2.45) is 0 Å². The molecular formula is C13H21N3O3S2. The number of hydrogen-bond acceptors (Lipinski definition) is 5. The number of aromatic amines is 1. The second-order valence-corrected chi connectivity index (χ2v) is 9.01. The number of H-pyrrole nitrogens is 1. The number of aryl methyl sites for hydroxylation is 1. The van der Waals surface area contributed by atoms with Gasteiger partial charge in [-0.25, -0.2) is 13.1 Å². The zero-order valence-corrected chi connectivity index (χ0v) is 13.9. The highest BCUT2D eigenvalue weighted by atomic mass is 32.2. The minimum atomic E-state index is -3.60. The SMILES string of the molecule is Cc1[nH]c(=O)sc1S(=O)(=O)NC1CC2CCCC(C1)N2C. The number of hydrogen-bond donors (Lipinski definition) is 2. The molecule has 2 bridgehead atoms. The van der Waals surface area contributed by atoms with Gasteiger partial charge in [0.2, 0.25) is 0 Å². The summed E-state index contributed by atoms with van der Waals surface area (Å²) in [5.74, 6) is 0. The van der Waals surface area contributed by atoms with Gasteiger partial charge in [-0.3, -0.25) is 4.79 Å². The maximum atomic E-state index is 12.5. The summed E-state index contributed by atoms with van der Waals surface area (Å²) in [6.45, 7) is 1.62. The highest BCUT2D eigenvalue weighted by Gasteiger charge is 2.38. The summed E-state index contributed by atoms with van der Waals surface area (Å²) in [4.78, 5) is 15.9. The molecule has 21 heavy (non-hydrogen) atoms. The predicted molar refractivity (Wildman–Crippen MR) is 82.2 cm³/mol. The lowest BCUT2D eigenvalue weighted by Crippen LogP contribution is -2.55. The Morgan fingerprint density at radius 1 is 1.29 bits per heavy atom. The van der Waals surface area contributed by atoms with E-state index in [4.69, 9.17) is 0 Å². The number of nitrogens with zero attached hydrogens (tertiary/aromatic N) is 1. The van der Waals surface area contributed by atoms with Crippen molar-refractivity contribution in [1.82, 2.24) is 14.6 Å². The van der Waals surface area contributed by atoms with Crippen molar-refractivity contribution in [2.75, 3.05) is 7.05 Å². The molecule has 0 amide bonds. The fraction of sp³-hybridized carbons (Fsp3) is 0.769. The largest absolute Gasteiger partial charge is 0.315 e. The van der Waals surface area contributed by atoms with Gasteiger partial charge in [0.25, 0.3) is 10.0 Å². The van der Waals surface area contributed by atoms with Crippen molar-refractivity contribution in [3.05, 3.63) is 15.4 Å². The number of piperidine rings is 2. The normalized spacial score (nSPS) is 30.5. The van der Waals surface area contributed by atoms with Crippen LogP contribution in [-0.2, 0) is 10.0 Å². The first-order valence-corrected chi connectivity index (χ1v) is 9.61. The van der Waals surface area contributed by atoms with Crippen molar-refractivity contribution in [2.45, 2.75) is 61.4 Å². The van der Waals surface area contributed by atoms with Crippen LogP contribution in [0.1, 0.15) is 37.8 Å². The first kappa shape index (κ1) is 15.2. The molecule has 2 fully saturated rings. The summed E-state index contributed by atoms with van der Waals surface area (Å²) >= 11 is 0.760. The second kappa shape index (κ2) is 5.49. The molecule has 2 atom stereocenters. The van der Waals surface area contributed by atoms with Crippen molar-refractivity contribution in [3.63, 3.8) is 0 Å². The number of aromatic nitrogens is 1. The third kappa shape index (κ3) is 2.94. The maximum absolute atomic E-state index is 12.5. The van der Waals surface area contributed by atoms with Crippen LogP contribution in [0.15, 0.2) is 9.00 Å². The minimum Gasteiger partial charge on any atom is -0.315 e. The first-order valence-electron chi connectivity index (χ1n) is 7.31.